The topological polar surface area (TPSA) is 84.4 Å². The molecule has 0 amide bonds. The standard InChI is InChI=1S/C14H16N2O4S2/c1-16(12-7-9-21(17,18)10-12)22(19,20)13-6-2-4-11-5-3-8-15-14(11)13/h2-6,8,12H,7,9-10H2,1H3/t12-/m1/s1. The van der Waals surface area contributed by atoms with Crippen LogP contribution in [-0.2, 0) is 19.9 Å². The Hall–Kier alpha value is -1.51. The summed E-state index contributed by atoms with van der Waals surface area (Å²) in [5, 5.41) is 0.732. The average molecular weight is 340 g/mol. The summed E-state index contributed by atoms with van der Waals surface area (Å²) in [6.45, 7) is 0. The highest BCUT2D eigenvalue weighted by Crippen LogP contribution is 2.27. The summed E-state index contributed by atoms with van der Waals surface area (Å²) >= 11 is 0. The van der Waals surface area contributed by atoms with E-state index in [1.54, 1.807) is 30.5 Å². The first-order chi connectivity index (χ1) is 10.3. The molecule has 1 atom stereocenters. The van der Waals surface area contributed by atoms with Crippen molar-refractivity contribution in [3.63, 3.8) is 0 Å². The molecule has 0 aliphatic carbocycles. The van der Waals surface area contributed by atoms with Gasteiger partial charge in [-0.05, 0) is 18.6 Å². The molecule has 0 spiro atoms. The molecule has 1 aliphatic heterocycles. The zero-order chi connectivity index (χ0) is 16.0. The Bertz CT molecular complexity index is 918. The fourth-order valence-corrected chi connectivity index (χ4v) is 6.11. The molecule has 118 valence electrons. The molecule has 1 saturated heterocycles. The van der Waals surface area contributed by atoms with Gasteiger partial charge in [0.2, 0.25) is 10.0 Å². The van der Waals surface area contributed by atoms with Crippen molar-refractivity contribution >= 4 is 30.8 Å². The predicted molar refractivity (Wildman–Crippen MR) is 83.8 cm³/mol. The van der Waals surface area contributed by atoms with Gasteiger partial charge in [-0.2, -0.15) is 4.31 Å². The summed E-state index contributed by atoms with van der Waals surface area (Å²) in [4.78, 5) is 4.27. The third-order valence-corrected chi connectivity index (χ3v) is 7.67. The summed E-state index contributed by atoms with van der Waals surface area (Å²) < 4.78 is 50.0. The van der Waals surface area contributed by atoms with Crippen LogP contribution >= 0.6 is 0 Å². The van der Waals surface area contributed by atoms with Crippen LogP contribution in [0.15, 0.2) is 41.4 Å². The van der Waals surface area contributed by atoms with E-state index in [9.17, 15) is 16.8 Å². The molecule has 0 radical (unpaired) electrons. The Morgan fingerprint density at radius 2 is 1.95 bits per heavy atom. The van der Waals surface area contributed by atoms with E-state index in [-0.39, 0.29) is 16.4 Å². The van der Waals surface area contributed by atoms with Crippen LogP contribution in [0.5, 0.6) is 0 Å². The van der Waals surface area contributed by atoms with Crippen molar-refractivity contribution in [3.8, 4) is 0 Å². The summed E-state index contributed by atoms with van der Waals surface area (Å²) in [5.41, 5.74) is 0.401. The van der Waals surface area contributed by atoms with Crippen LogP contribution < -0.4 is 0 Å². The number of fused-ring (bicyclic) bond motifs is 1. The first-order valence-electron chi connectivity index (χ1n) is 6.83. The lowest BCUT2D eigenvalue weighted by Crippen LogP contribution is -2.37. The molecule has 0 N–H and O–H groups in total. The summed E-state index contributed by atoms with van der Waals surface area (Å²) in [6.07, 6.45) is 1.87. The van der Waals surface area contributed by atoms with Crippen LogP contribution in [0, 0.1) is 0 Å². The van der Waals surface area contributed by atoms with E-state index in [4.69, 9.17) is 0 Å². The molecule has 1 aromatic carbocycles. The van der Waals surface area contributed by atoms with Gasteiger partial charge < -0.3 is 0 Å². The second-order valence-corrected chi connectivity index (χ2v) is 9.60. The highest BCUT2D eigenvalue weighted by Gasteiger charge is 2.37. The molecule has 1 aliphatic rings. The van der Waals surface area contributed by atoms with Gasteiger partial charge in [-0.1, -0.05) is 18.2 Å². The molecule has 2 aromatic rings. The van der Waals surface area contributed by atoms with Crippen molar-refractivity contribution in [1.29, 1.82) is 0 Å². The van der Waals surface area contributed by atoms with Crippen LogP contribution in [0.4, 0.5) is 0 Å². The third kappa shape index (κ3) is 2.62. The van der Waals surface area contributed by atoms with E-state index in [1.165, 1.54) is 17.4 Å². The fourth-order valence-electron chi connectivity index (χ4n) is 2.70. The summed E-state index contributed by atoms with van der Waals surface area (Å²) in [6, 6.07) is 7.98. The lowest BCUT2D eigenvalue weighted by Gasteiger charge is -2.23. The van der Waals surface area contributed by atoms with Crippen molar-refractivity contribution in [2.45, 2.75) is 17.4 Å². The largest absolute Gasteiger partial charge is 0.255 e. The van der Waals surface area contributed by atoms with Gasteiger partial charge in [0.05, 0.1) is 17.0 Å². The zero-order valence-corrected chi connectivity index (χ0v) is 13.6. The number of sulfonamides is 1. The molecule has 8 heteroatoms. The van der Waals surface area contributed by atoms with Gasteiger partial charge in [0, 0.05) is 24.7 Å². The Morgan fingerprint density at radius 1 is 1.23 bits per heavy atom. The highest BCUT2D eigenvalue weighted by molar-refractivity contribution is 7.92. The minimum atomic E-state index is -3.79. The maximum Gasteiger partial charge on any atom is 0.245 e. The maximum atomic E-state index is 12.8. The second-order valence-electron chi connectivity index (χ2n) is 5.41. The number of rotatable bonds is 3. The average Bonchev–Trinajstić information content (AvgIpc) is 2.85. The van der Waals surface area contributed by atoms with Gasteiger partial charge >= 0.3 is 0 Å². The molecule has 2 heterocycles. The van der Waals surface area contributed by atoms with Crippen molar-refractivity contribution in [2.24, 2.45) is 0 Å². The minimum absolute atomic E-state index is 0.0330. The van der Waals surface area contributed by atoms with E-state index >= 15 is 0 Å². The molecule has 0 unspecified atom stereocenters. The number of hydrogen-bond donors (Lipinski definition) is 0. The molecule has 1 aromatic heterocycles. The van der Waals surface area contributed by atoms with Crippen molar-refractivity contribution in [3.05, 3.63) is 36.5 Å². The third-order valence-electron chi connectivity index (χ3n) is 3.98. The smallest absolute Gasteiger partial charge is 0.245 e. The molecular formula is C14H16N2O4S2. The maximum absolute atomic E-state index is 12.8. The number of hydrogen-bond acceptors (Lipinski definition) is 5. The SMILES string of the molecule is CN([C@@H]1CCS(=O)(=O)C1)S(=O)(=O)c1cccc2cccnc12. The van der Waals surface area contributed by atoms with Crippen LogP contribution in [0.3, 0.4) is 0 Å². The summed E-state index contributed by atoms with van der Waals surface area (Å²) in [7, 11) is -5.51. The normalized spacial score (nSPS) is 21.5. The van der Waals surface area contributed by atoms with Gasteiger partial charge in [-0.25, -0.2) is 16.8 Å². The van der Waals surface area contributed by atoms with Crippen LogP contribution in [0.25, 0.3) is 10.9 Å². The molecule has 1 fully saturated rings. The molecule has 3 rings (SSSR count). The number of para-hydroxylation sites is 1. The fraction of sp³-hybridized carbons (Fsp3) is 0.357. The van der Waals surface area contributed by atoms with E-state index in [2.05, 4.69) is 4.98 Å². The van der Waals surface area contributed by atoms with Crippen molar-refractivity contribution < 1.29 is 16.8 Å². The first kappa shape index (κ1) is 15.4. The van der Waals surface area contributed by atoms with E-state index in [0.717, 1.165) is 5.39 Å². The quantitative estimate of drug-likeness (QED) is 0.833. The Balaban J connectivity index is 2.05. The van der Waals surface area contributed by atoms with Crippen molar-refractivity contribution in [2.75, 3.05) is 18.6 Å². The summed E-state index contributed by atoms with van der Waals surface area (Å²) in [5.74, 6) is -0.0910. The number of benzene rings is 1. The van der Waals surface area contributed by atoms with Crippen LogP contribution in [0.2, 0.25) is 0 Å². The minimum Gasteiger partial charge on any atom is -0.255 e. The molecular weight excluding hydrogens is 324 g/mol. The highest BCUT2D eigenvalue weighted by atomic mass is 32.2. The van der Waals surface area contributed by atoms with Gasteiger partial charge in [0.25, 0.3) is 0 Å². The van der Waals surface area contributed by atoms with Gasteiger partial charge in [-0.3, -0.25) is 4.98 Å². The molecule has 0 bridgehead atoms. The zero-order valence-electron chi connectivity index (χ0n) is 12.0. The monoisotopic (exact) mass is 340 g/mol. The number of nitrogens with zero attached hydrogens (tertiary/aromatic N) is 2. The predicted octanol–water partition coefficient (Wildman–Crippen LogP) is 1.04. The number of aromatic nitrogens is 1. The molecule has 0 saturated carbocycles. The molecule has 22 heavy (non-hydrogen) atoms. The van der Waals surface area contributed by atoms with E-state index in [1.807, 2.05) is 0 Å². The lowest BCUT2D eigenvalue weighted by molar-refractivity contribution is 0.394. The Kier molecular flexibility index (Phi) is 3.70. The first-order valence-corrected chi connectivity index (χ1v) is 10.1. The molecule has 6 nitrogen and oxygen atoms in total. The Morgan fingerprint density at radius 3 is 2.64 bits per heavy atom. The van der Waals surface area contributed by atoms with Crippen LogP contribution in [-0.4, -0.2) is 50.7 Å². The number of pyridine rings is 1. The van der Waals surface area contributed by atoms with E-state index < -0.39 is 25.9 Å². The lowest BCUT2D eigenvalue weighted by atomic mass is 10.2. The second kappa shape index (κ2) is 5.29. The van der Waals surface area contributed by atoms with Crippen molar-refractivity contribution in [1.82, 2.24) is 9.29 Å². The number of sulfone groups is 1. The van der Waals surface area contributed by atoms with Gasteiger partial charge in [0.1, 0.15) is 4.90 Å². The Labute approximate surface area is 129 Å². The van der Waals surface area contributed by atoms with Crippen LogP contribution in [0.1, 0.15) is 6.42 Å². The van der Waals surface area contributed by atoms with Gasteiger partial charge in [-0.15, -0.1) is 0 Å². The van der Waals surface area contributed by atoms with Gasteiger partial charge in [0.15, 0.2) is 9.84 Å². The van der Waals surface area contributed by atoms with E-state index in [0.29, 0.717) is 11.9 Å².